The van der Waals surface area contributed by atoms with Gasteiger partial charge in [-0.25, -0.2) is 15.0 Å². The highest BCUT2D eigenvalue weighted by molar-refractivity contribution is 7.99. The summed E-state index contributed by atoms with van der Waals surface area (Å²) in [5, 5.41) is 1.57. The van der Waals surface area contributed by atoms with Crippen molar-refractivity contribution in [1.29, 1.82) is 0 Å². The molecule has 0 spiro atoms. The number of aryl methyl sites for hydroxylation is 1. The van der Waals surface area contributed by atoms with Gasteiger partial charge in [-0.15, -0.1) is 11.3 Å². The summed E-state index contributed by atoms with van der Waals surface area (Å²) in [5.41, 5.74) is 13.7. The van der Waals surface area contributed by atoms with E-state index in [9.17, 15) is 0 Å². The van der Waals surface area contributed by atoms with Crippen LogP contribution in [0.1, 0.15) is 48.9 Å². The first-order valence-electron chi connectivity index (χ1n) is 12.1. The van der Waals surface area contributed by atoms with Crippen molar-refractivity contribution in [3.05, 3.63) is 34.8 Å². The molecule has 1 aliphatic rings. The summed E-state index contributed by atoms with van der Waals surface area (Å²) in [5.74, 6) is 2.23. The monoisotopic (exact) mass is 514 g/mol. The van der Waals surface area contributed by atoms with E-state index in [1.54, 1.807) is 24.5 Å². The fraction of sp³-hybridized carbons (Fsp3) is 0.480. The predicted molar refractivity (Wildman–Crippen MR) is 144 cm³/mol. The Labute approximate surface area is 215 Å². The fourth-order valence-corrected chi connectivity index (χ4v) is 6.28. The molecule has 1 aliphatic heterocycles. The smallest absolute Gasteiger partial charge is 0.192 e. The van der Waals surface area contributed by atoms with E-state index in [2.05, 4.69) is 28.7 Å². The molecule has 1 aromatic carbocycles. The zero-order chi connectivity index (χ0) is 24.8. The fourth-order valence-electron chi connectivity index (χ4n) is 4.18. The summed E-state index contributed by atoms with van der Waals surface area (Å²) in [7, 11) is 1.67. The Morgan fingerprint density at radius 3 is 2.49 bits per heavy atom. The molecule has 35 heavy (non-hydrogen) atoms. The lowest BCUT2D eigenvalue weighted by atomic mass is 10.1. The summed E-state index contributed by atoms with van der Waals surface area (Å²) < 4.78 is 11.7. The van der Waals surface area contributed by atoms with Crippen molar-refractivity contribution in [1.82, 2.24) is 19.9 Å². The highest BCUT2D eigenvalue weighted by Gasteiger charge is 2.20. The van der Waals surface area contributed by atoms with Crippen molar-refractivity contribution in [2.45, 2.75) is 49.9 Å². The van der Waals surface area contributed by atoms with E-state index in [1.807, 2.05) is 18.2 Å². The van der Waals surface area contributed by atoms with Crippen LogP contribution >= 0.6 is 23.1 Å². The Morgan fingerprint density at radius 2 is 1.80 bits per heavy atom. The largest absolute Gasteiger partial charge is 0.493 e. The van der Waals surface area contributed by atoms with Crippen LogP contribution < -0.4 is 20.9 Å². The highest BCUT2D eigenvalue weighted by Crippen LogP contribution is 2.41. The standard InChI is InChI=1S/C25H34N6O2S2/c1-4-20-23(16(2)34-25-28-21(26)15-22(27)29-25)30-24(35-20)17-8-9-18(32-3)19(14-17)33-13-12-31-10-6-5-7-11-31/h8-9,14-16H,4-7,10-13H2,1-3H3,(H4,26,27,28,29)/t16-/m1/s1. The number of benzene rings is 1. The minimum Gasteiger partial charge on any atom is -0.493 e. The molecule has 0 radical (unpaired) electrons. The first kappa shape index (κ1) is 25.5. The van der Waals surface area contributed by atoms with Crippen LogP contribution in [0.4, 0.5) is 11.6 Å². The summed E-state index contributed by atoms with van der Waals surface area (Å²) in [6.07, 6.45) is 4.78. The number of ether oxygens (including phenoxy) is 2. The molecule has 0 aliphatic carbocycles. The number of nitrogens with two attached hydrogens (primary N) is 2. The number of rotatable bonds is 10. The van der Waals surface area contributed by atoms with E-state index in [0.717, 1.165) is 53.8 Å². The number of thioether (sulfide) groups is 1. The number of aromatic nitrogens is 3. The number of hydrogen-bond donors (Lipinski definition) is 2. The van der Waals surface area contributed by atoms with Gasteiger partial charge in [0.25, 0.3) is 0 Å². The quantitative estimate of drug-likeness (QED) is 0.283. The Balaban J connectivity index is 1.51. The lowest BCUT2D eigenvalue weighted by molar-refractivity contribution is 0.180. The van der Waals surface area contributed by atoms with Gasteiger partial charge in [-0.1, -0.05) is 25.1 Å². The maximum Gasteiger partial charge on any atom is 0.192 e. The molecule has 2 aromatic heterocycles. The Hall–Kier alpha value is -2.56. The second kappa shape index (κ2) is 11.9. The molecule has 10 heteroatoms. The van der Waals surface area contributed by atoms with Crippen LogP contribution in [0.2, 0.25) is 0 Å². The molecule has 0 amide bonds. The zero-order valence-electron chi connectivity index (χ0n) is 20.6. The van der Waals surface area contributed by atoms with Crippen LogP contribution in [0.3, 0.4) is 0 Å². The van der Waals surface area contributed by atoms with Crippen LogP contribution in [-0.2, 0) is 6.42 Å². The number of nitrogen functional groups attached to an aromatic ring is 2. The number of nitrogens with zero attached hydrogens (tertiary/aromatic N) is 4. The number of thiazole rings is 1. The third-order valence-electron chi connectivity index (χ3n) is 5.99. The van der Waals surface area contributed by atoms with Crippen LogP contribution in [0.5, 0.6) is 11.5 Å². The second-order valence-electron chi connectivity index (χ2n) is 8.56. The van der Waals surface area contributed by atoms with Crippen LogP contribution in [-0.4, -0.2) is 53.2 Å². The first-order chi connectivity index (χ1) is 17.0. The molecule has 4 N–H and O–H groups in total. The molecule has 0 unspecified atom stereocenters. The van der Waals surface area contributed by atoms with Crippen molar-refractivity contribution >= 4 is 34.7 Å². The average Bonchev–Trinajstić information content (AvgIpc) is 3.29. The molecule has 3 aromatic rings. The third-order valence-corrected chi connectivity index (χ3v) is 8.22. The number of hydrogen-bond acceptors (Lipinski definition) is 10. The first-order valence-corrected chi connectivity index (χ1v) is 13.8. The molecule has 8 nitrogen and oxygen atoms in total. The lowest BCUT2D eigenvalue weighted by Gasteiger charge is -2.26. The van der Waals surface area contributed by atoms with Gasteiger partial charge < -0.3 is 20.9 Å². The lowest BCUT2D eigenvalue weighted by Crippen LogP contribution is -2.33. The highest BCUT2D eigenvalue weighted by atomic mass is 32.2. The topological polar surface area (TPSA) is 112 Å². The van der Waals surface area contributed by atoms with Crippen LogP contribution in [0, 0.1) is 0 Å². The third kappa shape index (κ3) is 6.56. The van der Waals surface area contributed by atoms with E-state index in [-0.39, 0.29) is 5.25 Å². The van der Waals surface area contributed by atoms with E-state index in [1.165, 1.54) is 35.9 Å². The van der Waals surface area contributed by atoms with Crippen LogP contribution in [0.15, 0.2) is 29.4 Å². The molecular formula is C25H34N6O2S2. The molecular weight excluding hydrogens is 480 g/mol. The van der Waals surface area contributed by atoms with Gasteiger partial charge in [0.1, 0.15) is 23.3 Å². The van der Waals surface area contributed by atoms with Gasteiger partial charge in [-0.3, -0.25) is 4.90 Å². The summed E-state index contributed by atoms with van der Waals surface area (Å²) in [4.78, 5) is 17.3. The van der Waals surface area contributed by atoms with Crippen molar-refractivity contribution in [2.24, 2.45) is 0 Å². The SMILES string of the molecule is CCc1sc(-c2ccc(OC)c(OCCN3CCCCC3)c2)nc1[C@@H](C)Sc1nc(N)cc(N)n1. The summed E-state index contributed by atoms with van der Waals surface area (Å²) in [6.45, 7) is 8.14. The molecule has 4 rings (SSSR count). The maximum atomic E-state index is 6.17. The molecule has 1 fully saturated rings. The average molecular weight is 515 g/mol. The van der Waals surface area contributed by atoms with Gasteiger partial charge in [-0.2, -0.15) is 0 Å². The zero-order valence-corrected chi connectivity index (χ0v) is 22.3. The van der Waals surface area contributed by atoms with Crippen molar-refractivity contribution in [3.63, 3.8) is 0 Å². The van der Waals surface area contributed by atoms with Gasteiger partial charge in [-0.05, 0) is 57.5 Å². The van der Waals surface area contributed by atoms with Crippen molar-refractivity contribution in [3.8, 4) is 22.1 Å². The van der Waals surface area contributed by atoms with Gasteiger partial charge in [0.05, 0.1) is 18.1 Å². The van der Waals surface area contributed by atoms with E-state index in [0.29, 0.717) is 23.4 Å². The number of likely N-dealkylation sites (tertiary alicyclic amines) is 1. The van der Waals surface area contributed by atoms with Gasteiger partial charge in [0.2, 0.25) is 0 Å². The number of methoxy groups -OCH3 is 1. The van der Waals surface area contributed by atoms with Gasteiger partial charge in [0, 0.05) is 23.1 Å². The van der Waals surface area contributed by atoms with Crippen LogP contribution in [0.25, 0.3) is 10.6 Å². The number of anilines is 2. The Kier molecular flexibility index (Phi) is 8.69. The Bertz CT molecular complexity index is 1110. The van der Waals surface area contributed by atoms with Gasteiger partial charge in [0.15, 0.2) is 16.7 Å². The minimum absolute atomic E-state index is 0.0506. The molecule has 0 saturated carbocycles. The van der Waals surface area contributed by atoms with Crippen molar-refractivity contribution < 1.29 is 9.47 Å². The van der Waals surface area contributed by atoms with E-state index in [4.69, 9.17) is 25.9 Å². The second-order valence-corrected chi connectivity index (χ2v) is 10.9. The minimum atomic E-state index is 0.0506. The molecule has 3 heterocycles. The molecule has 0 bridgehead atoms. The normalized spacial score (nSPS) is 15.2. The summed E-state index contributed by atoms with van der Waals surface area (Å²) in [6, 6.07) is 7.59. The molecule has 1 saturated heterocycles. The van der Waals surface area contributed by atoms with E-state index < -0.39 is 0 Å². The van der Waals surface area contributed by atoms with Gasteiger partial charge >= 0.3 is 0 Å². The van der Waals surface area contributed by atoms with Crippen molar-refractivity contribution in [2.75, 3.05) is 44.8 Å². The Morgan fingerprint density at radius 1 is 1.06 bits per heavy atom. The summed E-state index contributed by atoms with van der Waals surface area (Å²) >= 11 is 3.22. The number of piperidine rings is 1. The van der Waals surface area contributed by atoms with E-state index >= 15 is 0 Å². The maximum absolute atomic E-state index is 6.17. The predicted octanol–water partition coefficient (Wildman–Crippen LogP) is 5.05. The molecule has 188 valence electrons. The molecule has 1 atom stereocenters.